The number of rotatable bonds is 3. The Balaban J connectivity index is 3.05. The van der Waals surface area contributed by atoms with E-state index in [1.807, 2.05) is 6.08 Å². The third-order valence-corrected chi connectivity index (χ3v) is 2.11. The van der Waals surface area contributed by atoms with E-state index < -0.39 is 11.8 Å². The minimum absolute atomic E-state index is 0.215. The highest BCUT2D eigenvalue weighted by Crippen LogP contribution is 2.12. The molecule has 1 aromatic rings. The molecule has 0 amide bonds. The second-order valence-corrected chi connectivity index (χ2v) is 3.47. The van der Waals surface area contributed by atoms with Gasteiger partial charge in [-0.15, -0.1) is 0 Å². The molecule has 0 heterocycles. The zero-order chi connectivity index (χ0) is 11.3. The molecule has 0 aromatic heterocycles. The predicted molar refractivity (Wildman–Crippen MR) is 60.6 cm³/mol. The summed E-state index contributed by atoms with van der Waals surface area (Å²) < 4.78 is 17.6. The first-order valence-electron chi connectivity index (χ1n) is 4.29. The molecule has 0 N–H and O–H groups in total. The molecule has 80 valence electrons. The molecular weight excluding hydrogens is 263 g/mol. The largest absolute Gasteiger partial charge is 0.465 e. The summed E-state index contributed by atoms with van der Waals surface area (Å²) in [6.07, 6.45) is 3.54. The maximum Gasteiger partial charge on any atom is 0.337 e. The van der Waals surface area contributed by atoms with Gasteiger partial charge in [0.05, 0.1) is 12.7 Å². The van der Waals surface area contributed by atoms with Crippen LogP contribution in [0.1, 0.15) is 15.9 Å². The highest BCUT2D eigenvalue weighted by atomic mass is 79.9. The van der Waals surface area contributed by atoms with Crippen molar-refractivity contribution in [2.45, 2.75) is 0 Å². The Kier molecular flexibility index (Phi) is 4.49. The molecule has 1 rings (SSSR count). The van der Waals surface area contributed by atoms with Gasteiger partial charge in [0.15, 0.2) is 0 Å². The maximum absolute atomic E-state index is 13.1. The minimum atomic E-state index is -0.539. The summed E-state index contributed by atoms with van der Waals surface area (Å²) >= 11 is 3.21. The lowest BCUT2D eigenvalue weighted by Gasteiger charge is -2.01. The number of methoxy groups -OCH3 is 1. The van der Waals surface area contributed by atoms with Crippen molar-refractivity contribution >= 4 is 28.0 Å². The number of benzene rings is 1. The number of alkyl halides is 1. The van der Waals surface area contributed by atoms with E-state index in [4.69, 9.17) is 0 Å². The van der Waals surface area contributed by atoms with Crippen LogP contribution in [-0.4, -0.2) is 18.4 Å². The molecule has 0 unspecified atom stereocenters. The van der Waals surface area contributed by atoms with Crippen LogP contribution in [0.5, 0.6) is 0 Å². The van der Waals surface area contributed by atoms with Gasteiger partial charge in [-0.2, -0.15) is 0 Å². The Morgan fingerprint density at radius 3 is 2.87 bits per heavy atom. The molecule has 0 aliphatic rings. The predicted octanol–water partition coefficient (Wildman–Crippen LogP) is 3.02. The average molecular weight is 273 g/mol. The number of allylic oxidation sites excluding steroid dienone is 1. The Hall–Kier alpha value is -1.16. The fourth-order valence-corrected chi connectivity index (χ4v) is 1.31. The van der Waals surface area contributed by atoms with Crippen molar-refractivity contribution < 1.29 is 13.9 Å². The molecule has 0 radical (unpaired) electrons. The number of carbonyl (C=O) groups is 1. The average Bonchev–Trinajstić information content (AvgIpc) is 2.24. The second-order valence-electron chi connectivity index (χ2n) is 2.82. The van der Waals surface area contributed by atoms with Gasteiger partial charge in [0.25, 0.3) is 0 Å². The van der Waals surface area contributed by atoms with Crippen LogP contribution in [0.3, 0.4) is 0 Å². The summed E-state index contributed by atoms with van der Waals surface area (Å²) in [5.74, 6) is -0.991. The lowest BCUT2D eigenvalue weighted by atomic mass is 10.1. The summed E-state index contributed by atoms with van der Waals surface area (Å²) in [6, 6.07) is 4.08. The summed E-state index contributed by atoms with van der Waals surface area (Å²) in [5, 5.41) is 0.678. The number of esters is 1. The van der Waals surface area contributed by atoms with Crippen molar-refractivity contribution in [2.75, 3.05) is 12.4 Å². The van der Waals surface area contributed by atoms with E-state index in [1.54, 1.807) is 12.1 Å². The first-order valence-corrected chi connectivity index (χ1v) is 5.41. The molecule has 0 spiro atoms. The molecule has 4 heteroatoms. The van der Waals surface area contributed by atoms with Gasteiger partial charge < -0.3 is 4.74 Å². The normalized spacial score (nSPS) is 10.6. The molecule has 0 fully saturated rings. The summed E-state index contributed by atoms with van der Waals surface area (Å²) in [6.45, 7) is 0. The van der Waals surface area contributed by atoms with Gasteiger partial charge in [-0.25, -0.2) is 9.18 Å². The number of ether oxygens (including phenoxy) is 1. The van der Waals surface area contributed by atoms with Crippen LogP contribution in [-0.2, 0) is 4.74 Å². The fraction of sp³-hybridized carbons (Fsp3) is 0.182. The van der Waals surface area contributed by atoms with Crippen LogP contribution in [0.25, 0.3) is 6.08 Å². The molecule has 0 saturated heterocycles. The second kappa shape index (κ2) is 5.66. The van der Waals surface area contributed by atoms with Gasteiger partial charge in [0.2, 0.25) is 0 Å². The summed E-state index contributed by atoms with van der Waals surface area (Å²) in [4.78, 5) is 11.2. The van der Waals surface area contributed by atoms with Crippen molar-refractivity contribution in [3.8, 4) is 0 Å². The molecule has 0 aliphatic heterocycles. The standard InChI is InChI=1S/C11H10BrFO2/c1-15-11(14)9-5-8(3-2-4-12)6-10(13)7-9/h2-3,5-7H,4H2,1H3. The maximum atomic E-state index is 13.1. The number of hydrogen-bond acceptors (Lipinski definition) is 2. The number of hydrogen-bond donors (Lipinski definition) is 0. The molecule has 1 aromatic carbocycles. The van der Waals surface area contributed by atoms with Crippen molar-refractivity contribution in [3.63, 3.8) is 0 Å². The van der Waals surface area contributed by atoms with Gasteiger partial charge in [-0.05, 0) is 23.8 Å². The molecule has 0 aliphatic carbocycles. The lowest BCUT2D eigenvalue weighted by molar-refractivity contribution is 0.0600. The fourth-order valence-electron chi connectivity index (χ4n) is 1.12. The van der Waals surface area contributed by atoms with E-state index in [0.29, 0.717) is 10.9 Å². The lowest BCUT2D eigenvalue weighted by Crippen LogP contribution is -2.01. The van der Waals surface area contributed by atoms with Crippen molar-refractivity contribution in [1.82, 2.24) is 0 Å². The molecule has 0 saturated carbocycles. The number of halogens is 2. The minimum Gasteiger partial charge on any atom is -0.465 e. The highest BCUT2D eigenvalue weighted by Gasteiger charge is 2.07. The van der Waals surface area contributed by atoms with Crippen molar-refractivity contribution in [1.29, 1.82) is 0 Å². The molecule has 0 bridgehead atoms. The van der Waals surface area contributed by atoms with E-state index in [2.05, 4.69) is 20.7 Å². The van der Waals surface area contributed by atoms with E-state index >= 15 is 0 Å². The SMILES string of the molecule is COC(=O)c1cc(F)cc(C=CCBr)c1. The zero-order valence-corrected chi connectivity index (χ0v) is 9.75. The third-order valence-electron chi connectivity index (χ3n) is 1.74. The molecular formula is C11H10BrFO2. The van der Waals surface area contributed by atoms with E-state index in [1.165, 1.54) is 13.2 Å². The van der Waals surface area contributed by atoms with Gasteiger partial charge in [-0.3, -0.25) is 0 Å². The highest BCUT2D eigenvalue weighted by molar-refractivity contribution is 9.09. The van der Waals surface area contributed by atoms with Crippen LogP contribution < -0.4 is 0 Å². The van der Waals surface area contributed by atoms with Crippen LogP contribution in [0, 0.1) is 5.82 Å². The van der Waals surface area contributed by atoms with E-state index in [0.717, 1.165) is 6.07 Å². The number of carbonyl (C=O) groups excluding carboxylic acids is 1. The Bertz CT molecular complexity index is 388. The monoisotopic (exact) mass is 272 g/mol. The first-order chi connectivity index (χ1) is 7.17. The Labute approximate surface area is 95.9 Å². The van der Waals surface area contributed by atoms with Gasteiger partial charge in [0.1, 0.15) is 5.82 Å². The molecule has 2 nitrogen and oxygen atoms in total. The van der Waals surface area contributed by atoms with Gasteiger partial charge >= 0.3 is 5.97 Å². The van der Waals surface area contributed by atoms with E-state index in [-0.39, 0.29) is 5.56 Å². The van der Waals surface area contributed by atoms with Gasteiger partial charge in [0, 0.05) is 5.33 Å². The van der Waals surface area contributed by atoms with Crippen molar-refractivity contribution in [3.05, 3.63) is 41.2 Å². The summed E-state index contributed by atoms with van der Waals surface area (Å²) in [5.41, 5.74) is 0.849. The smallest absolute Gasteiger partial charge is 0.337 e. The molecule has 0 atom stereocenters. The Morgan fingerprint density at radius 1 is 1.53 bits per heavy atom. The van der Waals surface area contributed by atoms with E-state index in [9.17, 15) is 9.18 Å². The Morgan fingerprint density at radius 2 is 2.27 bits per heavy atom. The van der Waals surface area contributed by atoms with Crippen LogP contribution >= 0.6 is 15.9 Å². The topological polar surface area (TPSA) is 26.3 Å². The van der Waals surface area contributed by atoms with Crippen LogP contribution in [0.2, 0.25) is 0 Å². The van der Waals surface area contributed by atoms with Gasteiger partial charge in [-0.1, -0.05) is 28.1 Å². The first kappa shape index (κ1) is 11.9. The van der Waals surface area contributed by atoms with Crippen molar-refractivity contribution in [2.24, 2.45) is 0 Å². The summed E-state index contributed by atoms with van der Waals surface area (Å²) in [7, 11) is 1.27. The zero-order valence-electron chi connectivity index (χ0n) is 8.17. The quantitative estimate of drug-likeness (QED) is 0.625. The van der Waals surface area contributed by atoms with Crippen LogP contribution in [0.15, 0.2) is 24.3 Å². The molecule has 15 heavy (non-hydrogen) atoms. The third kappa shape index (κ3) is 3.47. The van der Waals surface area contributed by atoms with Crippen LogP contribution in [0.4, 0.5) is 4.39 Å².